The molecule has 0 unspecified atom stereocenters. The predicted molar refractivity (Wildman–Crippen MR) is 82.2 cm³/mol. The third kappa shape index (κ3) is 2.60. The maximum atomic E-state index is 12.5. The number of hydrogen-bond donors (Lipinski definition) is 2. The van der Waals surface area contributed by atoms with E-state index in [1.807, 2.05) is 42.6 Å². The highest BCUT2D eigenvalue weighted by molar-refractivity contribution is 5.97. The third-order valence-corrected chi connectivity index (χ3v) is 3.55. The van der Waals surface area contributed by atoms with Crippen molar-refractivity contribution in [2.24, 2.45) is 0 Å². The molecule has 1 heterocycles. The lowest BCUT2D eigenvalue weighted by atomic mass is 10.1. The first kappa shape index (κ1) is 13.2. The van der Waals surface area contributed by atoms with E-state index in [4.69, 9.17) is 0 Å². The van der Waals surface area contributed by atoms with Gasteiger partial charge in [0.05, 0.1) is 0 Å². The standard InChI is InChI=1S/C17H16N2O2/c1-19(11-14-4-2-3-5-16(14)20)17(21)13-7-6-12-8-9-18-15(12)10-13/h2-10,18,20H,11H2,1H3. The van der Waals surface area contributed by atoms with Crippen LogP contribution in [-0.2, 0) is 6.54 Å². The summed E-state index contributed by atoms with van der Waals surface area (Å²) in [5, 5.41) is 10.9. The molecule has 2 aromatic carbocycles. The van der Waals surface area contributed by atoms with Crippen LogP contribution in [0, 0.1) is 0 Å². The summed E-state index contributed by atoms with van der Waals surface area (Å²) in [6.45, 7) is 0.369. The molecular formula is C17H16N2O2. The molecule has 0 aliphatic heterocycles. The van der Waals surface area contributed by atoms with Gasteiger partial charge in [0.25, 0.3) is 5.91 Å². The Morgan fingerprint density at radius 3 is 2.81 bits per heavy atom. The van der Waals surface area contributed by atoms with Crippen molar-refractivity contribution in [1.29, 1.82) is 0 Å². The molecule has 0 radical (unpaired) electrons. The van der Waals surface area contributed by atoms with E-state index in [0.29, 0.717) is 12.1 Å². The fraction of sp³-hybridized carbons (Fsp3) is 0.118. The van der Waals surface area contributed by atoms with Gasteiger partial charge in [0.1, 0.15) is 5.75 Å². The summed E-state index contributed by atoms with van der Waals surface area (Å²) >= 11 is 0. The molecule has 1 amide bonds. The molecule has 0 fully saturated rings. The highest BCUT2D eigenvalue weighted by atomic mass is 16.3. The molecule has 1 aromatic heterocycles. The summed E-state index contributed by atoms with van der Waals surface area (Å²) in [7, 11) is 1.73. The van der Waals surface area contributed by atoms with Crippen LogP contribution in [0.4, 0.5) is 0 Å². The van der Waals surface area contributed by atoms with E-state index in [0.717, 1.165) is 16.5 Å². The predicted octanol–water partition coefficient (Wildman–Crippen LogP) is 3.15. The average Bonchev–Trinajstić information content (AvgIpc) is 2.96. The maximum absolute atomic E-state index is 12.5. The smallest absolute Gasteiger partial charge is 0.253 e. The Labute approximate surface area is 122 Å². The number of nitrogens with one attached hydrogen (secondary N) is 1. The number of phenolic OH excluding ortho intramolecular Hbond substituents is 1. The van der Waals surface area contributed by atoms with Gasteiger partial charge in [-0.05, 0) is 29.7 Å². The van der Waals surface area contributed by atoms with Crippen molar-refractivity contribution in [3.63, 3.8) is 0 Å². The number of carbonyl (C=O) groups is 1. The second-order valence-corrected chi connectivity index (χ2v) is 5.07. The van der Waals surface area contributed by atoms with Gasteiger partial charge in [-0.1, -0.05) is 24.3 Å². The number of aromatic hydroxyl groups is 1. The van der Waals surface area contributed by atoms with Crippen LogP contribution < -0.4 is 0 Å². The van der Waals surface area contributed by atoms with Gasteiger partial charge in [-0.25, -0.2) is 0 Å². The zero-order valence-corrected chi connectivity index (χ0v) is 11.7. The van der Waals surface area contributed by atoms with Crippen LogP contribution in [-0.4, -0.2) is 27.9 Å². The lowest BCUT2D eigenvalue weighted by Gasteiger charge is -2.18. The quantitative estimate of drug-likeness (QED) is 0.774. The second-order valence-electron chi connectivity index (χ2n) is 5.07. The first-order valence-corrected chi connectivity index (χ1v) is 6.74. The number of carbonyl (C=O) groups excluding carboxylic acids is 1. The zero-order valence-electron chi connectivity index (χ0n) is 11.7. The Morgan fingerprint density at radius 2 is 2.00 bits per heavy atom. The summed E-state index contributed by atoms with van der Waals surface area (Å²) < 4.78 is 0. The molecule has 0 aliphatic rings. The average molecular weight is 280 g/mol. The van der Waals surface area contributed by atoms with Crippen molar-refractivity contribution in [1.82, 2.24) is 9.88 Å². The normalized spacial score (nSPS) is 10.7. The molecule has 4 nitrogen and oxygen atoms in total. The third-order valence-electron chi connectivity index (χ3n) is 3.55. The molecule has 0 bridgehead atoms. The number of nitrogens with zero attached hydrogens (tertiary/aromatic N) is 1. The summed E-state index contributed by atoms with van der Waals surface area (Å²) in [5.74, 6) is 0.131. The van der Waals surface area contributed by atoms with E-state index < -0.39 is 0 Å². The van der Waals surface area contributed by atoms with E-state index in [1.54, 1.807) is 24.1 Å². The zero-order chi connectivity index (χ0) is 14.8. The van der Waals surface area contributed by atoms with Crippen molar-refractivity contribution >= 4 is 16.8 Å². The first-order chi connectivity index (χ1) is 10.1. The molecule has 2 N–H and O–H groups in total. The molecule has 0 saturated carbocycles. The lowest BCUT2D eigenvalue weighted by molar-refractivity contribution is 0.0784. The fourth-order valence-electron chi connectivity index (χ4n) is 2.37. The number of para-hydroxylation sites is 1. The molecule has 0 atom stereocenters. The Balaban J connectivity index is 1.82. The lowest BCUT2D eigenvalue weighted by Crippen LogP contribution is -2.26. The monoisotopic (exact) mass is 280 g/mol. The maximum Gasteiger partial charge on any atom is 0.253 e. The van der Waals surface area contributed by atoms with Crippen LogP contribution in [0.1, 0.15) is 15.9 Å². The molecule has 0 saturated heterocycles. The molecular weight excluding hydrogens is 264 g/mol. The Kier molecular flexibility index (Phi) is 3.36. The number of benzene rings is 2. The van der Waals surface area contributed by atoms with Crippen LogP contribution >= 0.6 is 0 Å². The highest BCUT2D eigenvalue weighted by Crippen LogP contribution is 2.19. The fourth-order valence-corrected chi connectivity index (χ4v) is 2.37. The minimum atomic E-state index is -0.0743. The van der Waals surface area contributed by atoms with Crippen LogP contribution in [0.25, 0.3) is 10.9 Å². The molecule has 4 heteroatoms. The number of aromatic amines is 1. The molecule has 3 aromatic rings. The van der Waals surface area contributed by atoms with E-state index in [-0.39, 0.29) is 11.7 Å². The topological polar surface area (TPSA) is 56.3 Å². The van der Waals surface area contributed by atoms with Crippen LogP contribution in [0.3, 0.4) is 0 Å². The van der Waals surface area contributed by atoms with E-state index >= 15 is 0 Å². The Bertz CT molecular complexity index is 792. The van der Waals surface area contributed by atoms with Crippen molar-refractivity contribution in [2.75, 3.05) is 7.05 Å². The molecule has 21 heavy (non-hydrogen) atoms. The summed E-state index contributed by atoms with van der Waals surface area (Å²) in [4.78, 5) is 17.2. The number of amides is 1. The molecule has 0 spiro atoms. The van der Waals surface area contributed by atoms with Gasteiger partial charge in [-0.15, -0.1) is 0 Å². The van der Waals surface area contributed by atoms with Gasteiger partial charge in [-0.2, -0.15) is 0 Å². The van der Waals surface area contributed by atoms with Crippen LogP contribution in [0.2, 0.25) is 0 Å². The number of aromatic nitrogens is 1. The van der Waals surface area contributed by atoms with Gasteiger partial charge < -0.3 is 15.0 Å². The van der Waals surface area contributed by atoms with E-state index in [2.05, 4.69) is 4.98 Å². The molecule has 0 aliphatic carbocycles. The summed E-state index contributed by atoms with van der Waals surface area (Å²) in [6, 6.07) is 14.6. The Morgan fingerprint density at radius 1 is 1.19 bits per heavy atom. The summed E-state index contributed by atoms with van der Waals surface area (Å²) in [6.07, 6.45) is 1.85. The van der Waals surface area contributed by atoms with Crippen molar-refractivity contribution in [3.8, 4) is 5.75 Å². The van der Waals surface area contributed by atoms with Crippen molar-refractivity contribution < 1.29 is 9.90 Å². The van der Waals surface area contributed by atoms with E-state index in [1.165, 1.54) is 0 Å². The van der Waals surface area contributed by atoms with Crippen LogP contribution in [0.5, 0.6) is 5.75 Å². The Hall–Kier alpha value is -2.75. The van der Waals surface area contributed by atoms with Gasteiger partial charge in [0.15, 0.2) is 0 Å². The SMILES string of the molecule is CN(Cc1ccccc1O)C(=O)c1ccc2cc[nH]c2c1. The number of fused-ring (bicyclic) bond motifs is 1. The first-order valence-electron chi connectivity index (χ1n) is 6.74. The van der Waals surface area contributed by atoms with Gasteiger partial charge in [-0.3, -0.25) is 4.79 Å². The molecule has 106 valence electrons. The largest absolute Gasteiger partial charge is 0.508 e. The van der Waals surface area contributed by atoms with Crippen molar-refractivity contribution in [2.45, 2.75) is 6.54 Å². The van der Waals surface area contributed by atoms with Gasteiger partial charge >= 0.3 is 0 Å². The second kappa shape index (κ2) is 5.32. The van der Waals surface area contributed by atoms with E-state index in [9.17, 15) is 9.90 Å². The van der Waals surface area contributed by atoms with Gasteiger partial charge in [0.2, 0.25) is 0 Å². The number of rotatable bonds is 3. The summed E-state index contributed by atoms with van der Waals surface area (Å²) in [5.41, 5.74) is 2.30. The number of phenols is 1. The van der Waals surface area contributed by atoms with Gasteiger partial charge in [0, 0.05) is 36.4 Å². The number of H-pyrrole nitrogens is 1. The number of hydrogen-bond acceptors (Lipinski definition) is 2. The minimum absolute atomic E-state index is 0.0743. The van der Waals surface area contributed by atoms with Crippen molar-refractivity contribution in [3.05, 3.63) is 65.9 Å². The minimum Gasteiger partial charge on any atom is -0.508 e. The van der Waals surface area contributed by atoms with Crippen LogP contribution in [0.15, 0.2) is 54.7 Å². The highest BCUT2D eigenvalue weighted by Gasteiger charge is 2.14. The molecule has 3 rings (SSSR count).